The van der Waals surface area contributed by atoms with Crippen LogP contribution in [0.25, 0.3) is 22.2 Å². The van der Waals surface area contributed by atoms with Crippen LogP contribution in [0.1, 0.15) is 0 Å². The lowest BCUT2D eigenvalue weighted by Crippen LogP contribution is -2.52. The van der Waals surface area contributed by atoms with Gasteiger partial charge in [0.15, 0.2) is 0 Å². The third-order valence-electron chi connectivity index (χ3n) is 4.32. The van der Waals surface area contributed by atoms with Gasteiger partial charge < -0.3 is 19.1 Å². The van der Waals surface area contributed by atoms with Crippen LogP contribution in [-0.2, 0) is 11.3 Å². The number of rotatable bonds is 4. The number of halogens is 1. The van der Waals surface area contributed by atoms with Crippen LogP contribution in [0.5, 0.6) is 5.75 Å². The van der Waals surface area contributed by atoms with E-state index in [1.807, 2.05) is 41.0 Å². The molecule has 0 saturated carbocycles. The summed E-state index contributed by atoms with van der Waals surface area (Å²) in [6.45, 7) is 1.17. The molecule has 1 saturated heterocycles. The van der Waals surface area contributed by atoms with Gasteiger partial charge in [0, 0.05) is 5.56 Å². The molecule has 0 aliphatic carbocycles. The van der Waals surface area contributed by atoms with Crippen molar-refractivity contribution >= 4 is 22.6 Å². The van der Waals surface area contributed by atoms with Crippen LogP contribution in [0.2, 0.25) is 5.02 Å². The van der Waals surface area contributed by atoms with E-state index >= 15 is 0 Å². The number of hydrogen-bond acceptors (Lipinski definition) is 4. The first-order valence-electron chi connectivity index (χ1n) is 7.67. The number of aromatic nitrogens is 2. The lowest BCUT2D eigenvalue weighted by Gasteiger charge is -2.36. The molecule has 4 rings (SSSR count). The minimum atomic E-state index is -0.808. The van der Waals surface area contributed by atoms with Gasteiger partial charge in [-0.3, -0.25) is 0 Å². The maximum atomic E-state index is 10.3. The van der Waals surface area contributed by atoms with E-state index in [1.165, 1.54) is 0 Å². The molecule has 3 aromatic rings. The van der Waals surface area contributed by atoms with Gasteiger partial charge in [-0.1, -0.05) is 29.8 Å². The average Bonchev–Trinajstić information content (AvgIpc) is 2.96. The summed E-state index contributed by atoms with van der Waals surface area (Å²) < 4.78 is 12.4. The quantitative estimate of drug-likeness (QED) is 0.790. The zero-order valence-electron chi connectivity index (χ0n) is 13.2. The van der Waals surface area contributed by atoms with Gasteiger partial charge in [0.2, 0.25) is 0 Å². The Kier molecular flexibility index (Phi) is 3.72. The molecule has 0 amide bonds. The summed E-state index contributed by atoms with van der Waals surface area (Å²) in [5.74, 6) is 0.642. The van der Waals surface area contributed by atoms with Gasteiger partial charge in [0.25, 0.3) is 0 Å². The molecule has 0 spiro atoms. The number of ether oxygens (including phenoxy) is 2. The zero-order valence-corrected chi connectivity index (χ0v) is 14.0. The van der Waals surface area contributed by atoms with Crippen molar-refractivity contribution < 1.29 is 14.6 Å². The monoisotopic (exact) mass is 344 g/mol. The molecule has 1 fully saturated rings. The number of imidazole rings is 1. The van der Waals surface area contributed by atoms with Crippen molar-refractivity contribution in [3.8, 4) is 16.9 Å². The lowest BCUT2D eigenvalue weighted by atomic mass is 10.0. The fraction of sp³-hybridized carbons (Fsp3) is 0.278. The third kappa shape index (κ3) is 2.55. The average molecular weight is 345 g/mol. The van der Waals surface area contributed by atoms with Gasteiger partial charge in [-0.15, -0.1) is 0 Å². The molecule has 1 aliphatic heterocycles. The standard InChI is InChI=1S/C18H17ClN2O3/c1-23-16-4-2-3-13(17(16)19)12-5-6-14-15(7-12)21(11-20-14)8-18(22)9-24-10-18/h2-7,11,22H,8-10H2,1H3. The van der Waals surface area contributed by atoms with Crippen molar-refractivity contribution in [1.82, 2.24) is 9.55 Å². The van der Waals surface area contributed by atoms with Gasteiger partial charge in [0.1, 0.15) is 11.4 Å². The third-order valence-corrected chi connectivity index (χ3v) is 4.71. The Bertz CT molecular complexity index is 902. The van der Waals surface area contributed by atoms with E-state index in [4.69, 9.17) is 21.1 Å². The maximum Gasteiger partial charge on any atom is 0.138 e. The molecule has 5 nitrogen and oxygen atoms in total. The molecule has 2 aromatic carbocycles. The molecule has 124 valence electrons. The molecular formula is C18H17ClN2O3. The molecule has 1 aromatic heterocycles. The number of hydrogen-bond donors (Lipinski definition) is 1. The van der Waals surface area contributed by atoms with Crippen LogP contribution in [-0.4, -0.2) is 40.6 Å². The van der Waals surface area contributed by atoms with Crippen molar-refractivity contribution in [1.29, 1.82) is 0 Å². The van der Waals surface area contributed by atoms with Crippen molar-refractivity contribution in [2.24, 2.45) is 0 Å². The maximum absolute atomic E-state index is 10.3. The fourth-order valence-corrected chi connectivity index (χ4v) is 3.30. The summed E-state index contributed by atoms with van der Waals surface area (Å²) in [5.41, 5.74) is 2.90. The summed E-state index contributed by atoms with van der Waals surface area (Å²) in [6.07, 6.45) is 1.75. The van der Waals surface area contributed by atoms with Crippen LogP contribution in [0.4, 0.5) is 0 Å². The lowest BCUT2D eigenvalue weighted by molar-refractivity contribution is -0.184. The van der Waals surface area contributed by atoms with E-state index < -0.39 is 5.60 Å². The highest BCUT2D eigenvalue weighted by Crippen LogP contribution is 2.36. The fourth-order valence-electron chi connectivity index (χ4n) is 2.99. The molecule has 1 aliphatic rings. The van der Waals surface area contributed by atoms with Gasteiger partial charge in [0.05, 0.1) is 49.3 Å². The van der Waals surface area contributed by atoms with Crippen LogP contribution in [0.3, 0.4) is 0 Å². The van der Waals surface area contributed by atoms with Crippen molar-refractivity contribution in [2.45, 2.75) is 12.1 Å². The van der Waals surface area contributed by atoms with Crippen LogP contribution < -0.4 is 4.74 Å². The van der Waals surface area contributed by atoms with Crippen molar-refractivity contribution in [2.75, 3.05) is 20.3 Å². The Hall–Kier alpha value is -2.08. The normalized spacial score (nSPS) is 16.1. The summed E-state index contributed by atoms with van der Waals surface area (Å²) in [4.78, 5) is 4.41. The van der Waals surface area contributed by atoms with E-state index in [2.05, 4.69) is 4.98 Å². The predicted molar refractivity (Wildman–Crippen MR) is 92.5 cm³/mol. The molecule has 1 N–H and O–H groups in total. The van der Waals surface area contributed by atoms with Gasteiger partial charge >= 0.3 is 0 Å². The number of fused-ring (bicyclic) bond motifs is 1. The molecule has 0 atom stereocenters. The first-order valence-corrected chi connectivity index (χ1v) is 8.05. The molecular weight excluding hydrogens is 328 g/mol. The number of nitrogens with zero attached hydrogens (tertiary/aromatic N) is 2. The smallest absolute Gasteiger partial charge is 0.138 e. The van der Waals surface area contributed by atoms with Crippen LogP contribution in [0.15, 0.2) is 42.7 Å². The molecule has 2 heterocycles. The second-order valence-corrected chi connectivity index (χ2v) is 6.49. The number of methoxy groups -OCH3 is 1. The largest absolute Gasteiger partial charge is 0.495 e. The topological polar surface area (TPSA) is 56.5 Å². The second kappa shape index (κ2) is 5.77. The zero-order chi connectivity index (χ0) is 16.7. The summed E-state index contributed by atoms with van der Waals surface area (Å²) in [7, 11) is 1.60. The first kappa shape index (κ1) is 15.4. The van der Waals surface area contributed by atoms with E-state index in [-0.39, 0.29) is 0 Å². The Morgan fingerprint density at radius 2 is 2.17 bits per heavy atom. The van der Waals surface area contributed by atoms with Gasteiger partial charge in [-0.2, -0.15) is 0 Å². The van der Waals surface area contributed by atoms with E-state index in [1.54, 1.807) is 13.4 Å². The highest BCUT2D eigenvalue weighted by atomic mass is 35.5. The number of benzene rings is 2. The van der Waals surface area contributed by atoms with Crippen LogP contribution in [0, 0.1) is 0 Å². The molecule has 0 bridgehead atoms. The summed E-state index contributed by atoms with van der Waals surface area (Å²) >= 11 is 6.44. The Balaban J connectivity index is 1.78. The summed E-state index contributed by atoms with van der Waals surface area (Å²) in [5, 5.41) is 10.9. The van der Waals surface area contributed by atoms with Crippen molar-refractivity contribution in [3.63, 3.8) is 0 Å². The predicted octanol–water partition coefficient (Wildman–Crippen LogP) is 3.13. The number of aliphatic hydroxyl groups is 1. The summed E-state index contributed by atoms with van der Waals surface area (Å²) in [6, 6.07) is 11.7. The van der Waals surface area contributed by atoms with Gasteiger partial charge in [-0.05, 0) is 23.8 Å². The minimum absolute atomic E-state index is 0.355. The minimum Gasteiger partial charge on any atom is -0.495 e. The van der Waals surface area contributed by atoms with Gasteiger partial charge in [-0.25, -0.2) is 4.98 Å². The van der Waals surface area contributed by atoms with E-state index in [0.717, 1.165) is 22.2 Å². The van der Waals surface area contributed by atoms with Crippen molar-refractivity contribution in [3.05, 3.63) is 47.7 Å². The van der Waals surface area contributed by atoms with E-state index in [0.29, 0.717) is 30.5 Å². The highest BCUT2D eigenvalue weighted by Gasteiger charge is 2.36. The molecule has 24 heavy (non-hydrogen) atoms. The highest BCUT2D eigenvalue weighted by molar-refractivity contribution is 6.34. The Morgan fingerprint density at radius 3 is 2.88 bits per heavy atom. The SMILES string of the molecule is COc1cccc(-c2ccc3ncn(CC4(O)COC4)c3c2)c1Cl. The van der Waals surface area contributed by atoms with Crippen LogP contribution >= 0.6 is 11.6 Å². The molecule has 6 heteroatoms. The molecule has 0 radical (unpaired) electrons. The molecule has 0 unspecified atom stereocenters. The van der Waals surface area contributed by atoms with E-state index in [9.17, 15) is 5.11 Å². The first-order chi connectivity index (χ1) is 11.6. The Labute approximate surface area is 144 Å². The second-order valence-electron chi connectivity index (χ2n) is 6.11. The Morgan fingerprint density at radius 1 is 1.33 bits per heavy atom.